The quantitative estimate of drug-likeness (QED) is 0.646. The first-order valence-electron chi connectivity index (χ1n) is 7.86. The number of nitro groups is 1. The summed E-state index contributed by atoms with van der Waals surface area (Å²) in [5.41, 5.74) is 0.470. The summed E-state index contributed by atoms with van der Waals surface area (Å²) in [6.07, 6.45) is 2.77. The normalized spacial score (nSPS) is 20.6. The fraction of sp³-hybridized carbons (Fsp3) is 0.625. The monoisotopic (exact) mass is 308 g/mol. The fourth-order valence-corrected chi connectivity index (χ4v) is 2.92. The van der Waals surface area contributed by atoms with Crippen LogP contribution in [0.2, 0.25) is 0 Å². The number of ether oxygens (including phenoxy) is 1. The van der Waals surface area contributed by atoms with Gasteiger partial charge in [0, 0.05) is 18.7 Å². The van der Waals surface area contributed by atoms with Crippen molar-refractivity contribution in [1.29, 1.82) is 0 Å². The zero-order valence-corrected chi connectivity index (χ0v) is 13.2. The first kappa shape index (κ1) is 16.7. The predicted octanol–water partition coefficient (Wildman–Crippen LogP) is 2.90. The Kier molecular flexibility index (Phi) is 5.74. The summed E-state index contributed by atoms with van der Waals surface area (Å²) in [6.45, 7) is 5.79. The Labute approximate surface area is 130 Å². The molecule has 1 aliphatic rings. The van der Waals surface area contributed by atoms with Gasteiger partial charge in [-0.05, 0) is 44.9 Å². The van der Waals surface area contributed by atoms with Gasteiger partial charge in [0.25, 0.3) is 0 Å². The molecule has 1 saturated heterocycles. The van der Waals surface area contributed by atoms with Gasteiger partial charge in [0.1, 0.15) is 0 Å². The summed E-state index contributed by atoms with van der Waals surface area (Å²) in [7, 11) is 0. The highest BCUT2D eigenvalue weighted by Gasteiger charge is 2.23. The number of nitro benzene ring substituents is 1. The molecule has 1 N–H and O–H groups in total. The van der Waals surface area contributed by atoms with E-state index in [2.05, 4.69) is 11.8 Å². The number of nitrogens with zero attached hydrogens (tertiary/aromatic N) is 2. The van der Waals surface area contributed by atoms with Gasteiger partial charge >= 0.3 is 5.69 Å². The van der Waals surface area contributed by atoms with Crippen LogP contribution in [0.5, 0.6) is 5.75 Å². The molecule has 0 radical (unpaired) electrons. The van der Waals surface area contributed by atoms with Crippen LogP contribution in [0, 0.1) is 10.1 Å². The van der Waals surface area contributed by atoms with E-state index in [0.29, 0.717) is 24.8 Å². The third-order valence-corrected chi connectivity index (χ3v) is 4.21. The highest BCUT2D eigenvalue weighted by Crippen LogP contribution is 2.31. The molecule has 2 atom stereocenters. The van der Waals surface area contributed by atoms with Crippen molar-refractivity contribution in [2.24, 2.45) is 0 Å². The molecule has 1 aromatic carbocycles. The molecule has 22 heavy (non-hydrogen) atoms. The zero-order valence-electron chi connectivity index (χ0n) is 13.2. The molecular weight excluding hydrogens is 284 g/mol. The van der Waals surface area contributed by atoms with E-state index in [4.69, 9.17) is 4.74 Å². The molecule has 1 heterocycles. The van der Waals surface area contributed by atoms with Gasteiger partial charge in [-0.15, -0.1) is 0 Å². The van der Waals surface area contributed by atoms with E-state index in [1.165, 1.54) is 12.5 Å². The van der Waals surface area contributed by atoms with Gasteiger partial charge in [-0.3, -0.25) is 15.0 Å². The molecule has 122 valence electrons. The van der Waals surface area contributed by atoms with Crippen LogP contribution in [0.25, 0.3) is 0 Å². The number of hydrogen-bond acceptors (Lipinski definition) is 5. The van der Waals surface area contributed by atoms with E-state index >= 15 is 0 Å². The second-order valence-corrected chi connectivity index (χ2v) is 5.77. The smallest absolute Gasteiger partial charge is 0.311 e. The Morgan fingerprint density at radius 3 is 2.91 bits per heavy atom. The summed E-state index contributed by atoms with van der Waals surface area (Å²) < 4.78 is 5.27. The molecule has 0 saturated carbocycles. The third-order valence-electron chi connectivity index (χ3n) is 4.21. The third kappa shape index (κ3) is 3.96. The van der Waals surface area contributed by atoms with Crippen molar-refractivity contribution in [3.05, 3.63) is 33.9 Å². The van der Waals surface area contributed by atoms with Crippen molar-refractivity contribution >= 4 is 5.69 Å². The van der Waals surface area contributed by atoms with Crippen molar-refractivity contribution in [3.8, 4) is 5.75 Å². The van der Waals surface area contributed by atoms with Crippen molar-refractivity contribution in [3.63, 3.8) is 0 Å². The van der Waals surface area contributed by atoms with E-state index in [1.807, 2.05) is 0 Å². The number of aliphatic hydroxyl groups is 1. The summed E-state index contributed by atoms with van der Waals surface area (Å²) in [6, 6.07) is 5.14. The molecule has 2 rings (SSSR count). The largest absolute Gasteiger partial charge is 0.487 e. The summed E-state index contributed by atoms with van der Waals surface area (Å²) in [5.74, 6) is 0.245. The molecule has 1 aliphatic heterocycles. The fourth-order valence-electron chi connectivity index (χ4n) is 2.92. The lowest BCUT2D eigenvalue weighted by molar-refractivity contribution is -0.386. The van der Waals surface area contributed by atoms with Gasteiger partial charge in [-0.2, -0.15) is 0 Å². The second kappa shape index (κ2) is 7.56. The number of β-amino-alcohol motifs (C(OH)–C–C–N with tert-alkyl or cyclic N) is 1. The maximum absolute atomic E-state index is 11.1. The minimum atomic E-state index is -0.727. The number of piperidine rings is 1. The molecule has 1 aromatic rings. The van der Waals surface area contributed by atoms with Gasteiger partial charge in [0.2, 0.25) is 0 Å². The lowest BCUT2D eigenvalue weighted by atomic mass is 10.0. The second-order valence-electron chi connectivity index (χ2n) is 5.77. The molecule has 0 aliphatic carbocycles. The molecular formula is C16H24N2O4. The Balaban J connectivity index is 2.13. The van der Waals surface area contributed by atoms with Crippen molar-refractivity contribution in [2.75, 3.05) is 19.7 Å². The maximum atomic E-state index is 11.1. The number of likely N-dealkylation sites (tertiary alicyclic amines) is 1. The molecule has 1 fully saturated rings. The molecule has 0 spiro atoms. The van der Waals surface area contributed by atoms with E-state index in [0.717, 1.165) is 19.4 Å². The average Bonchev–Trinajstić information content (AvgIpc) is 2.50. The van der Waals surface area contributed by atoms with Crippen molar-refractivity contribution in [2.45, 2.75) is 45.3 Å². The first-order valence-corrected chi connectivity index (χ1v) is 7.86. The number of aliphatic hydroxyl groups excluding tert-OH is 1. The van der Waals surface area contributed by atoms with Gasteiger partial charge < -0.3 is 9.84 Å². The van der Waals surface area contributed by atoms with Crippen LogP contribution in [-0.2, 0) is 0 Å². The van der Waals surface area contributed by atoms with Crippen molar-refractivity contribution < 1.29 is 14.8 Å². The Morgan fingerprint density at radius 1 is 1.50 bits per heavy atom. The van der Waals surface area contributed by atoms with Gasteiger partial charge in [-0.1, -0.05) is 12.5 Å². The molecule has 0 bridgehead atoms. The molecule has 0 amide bonds. The standard InChI is InChI=1S/C16H24N2O4/c1-3-22-16-8-7-13(10-14(16)18(20)21)15(19)11-17-9-5-4-6-12(17)2/h7-8,10,12,15,19H,3-6,9,11H2,1-2H3. The summed E-state index contributed by atoms with van der Waals surface area (Å²) in [5, 5.41) is 21.6. The minimum absolute atomic E-state index is 0.0925. The van der Waals surface area contributed by atoms with E-state index in [9.17, 15) is 15.2 Å². The highest BCUT2D eigenvalue weighted by molar-refractivity contribution is 5.49. The van der Waals surface area contributed by atoms with E-state index < -0.39 is 11.0 Å². The lowest BCUT2D eigenvalue weighted by Crippen LogP contribution is -2.40. The van der Waals surface area contributed by atoms with Crippen LogP contribution in [0.3, 0.4) is 0 Å². The minimum Gasteiger partial charge on any atom is -0.487 e. The maximum Gasteiger partial charge on any atom is 0.311 e. The molecule has 2 unspecified atom stereocenters. The van der Waals surface area contributed by atoms with Crippen LogP contribution in [-0.4, -0.2) is 40.7 Å². The van der Waals surface area contributed by atoms with Crippen LogP contribution in [0.4, 0.5) is 5.69 Å². The van der Waals surface area contributed by atoms with Crippen LogP contribution >= 0.6 is 0 Å². The van der Waals surface area contributed by atoms with Gasteiger partial charge in [-0.25, -0.2) is 0 Å². The number of benzene rings is 1. The van der Waals surface area contributed by atoms with Crippen LogP contribution in [0.1, 0.15) is 44.8 Å². The molecule has 6 nitrogen and oxygen atoms in total. The first-order chi connectivity index (χ1) is 10.5. The average molecular weight is 308 g/mol. The number of hydrogen-bond donors (Lipinski definition) is 1. The molecule has 0 aromatic heterocycles. The van der Waals surface area contributed by atoms with Gasteiger partial charge in [0.05, 0.1) is 17.6 Å². The van der Waals surface area contributed by atoms with E-state index in [1.54, 1.807) is 19.1 Å². The Hall–Kier alpha value is -1.66. The zero-order chi connectivity index (χ0) is 16.1. The summed E-state index contributed by atoms with van der Waals surface area (Å²) >= 11 is 0. The molecule has 6 heteroatoms. The summed E-state index contributed by atoms with van der Waals surface area (Å²) in [4.78, 5) is 12.9. The Morgan fingerprint density at radius 2 is 2.27 bits per heavy atom. The number of rotatable bonds is 6. The van der Waals surface area contributed by atoms with Crippen LogP contribution < -0.4 is 4.74 Å². The highest BCUT2D eigenvalue weighted by atomic mass is 16.6. The Bertz CT molecular complexity index is 521. The van der Waals surface area contributed by atoms with Crippen LogP contribution in [0.15, 0.2) is 18.2 Å². The van der Waals surface area contributed by atoms with E-state index in [-0.39, 0.29) is 11.4 Å². The van der Waals surface area contributed by atoms with Gasteiger partial charge in [0.15, 0.2) is 5.75 Å². The lowest BCUT2D eigenvalue weighted by Gasteiger charge is -2.34. The topological polar surface area (TPSA) is 75.8 Å². The predicted molar refractivity (Wildman–Crippen MR) is 84.1 cm³/mol. The SMILES string of the molecule is CCOc1ccc(C(O)CN2CCCCC2C)cc1[N+](=O)[O-]. The van der Waals surface area contributed by atoms with Crippen molar-refractivity contribution in [1.82, 2.24) is 4.90 Å².